The van der Waals surface area contributed by atoms with Gasteiger partial charge in [-0.2, -0.15) is 5.10 Å². The number of aryl methyl sites for hydroxylation is 1. The van der Waals surface area contributed by atoms with Crippen LogP contribution in [0.15, 0.2) is 121 Å². The van der Waals surface area contributed by atoms with Crippen LogP contribution in [-0.2, 0) is 13.0 Å². The highest BCUT2D eigenvalue weighted by Crippen LogP contribution is 2.34. The fourth-order valence-corrected chi connectivity index (χ4v) is 4.98. The Bertz CT molecular complexity index is 1780. The van der Waals surface area contributed by atoms with Crippen molar-refractivity contribution in [2.75, 3.05) is 6.61 Å². The van der Waals surface area contributed by atoms with Gasteiger partial charge < -0.3 is 14.0 Å². The summed E-state index contributed by atoms with van der Waals surface area (Å²) in [6.07, 6.45) is 3.85. The summed E-state index contributed by atoms with van der Waals surface area (Å²) in [6.45, 7) is 8.41. The van der Waals surface area contributed by atoms with Crippen molar-refractivity contribution in [1.29, 1.82) is 0 Å². The molecular weight excluding hydrogens is 553 g/mol. The number of ether oxygens (including phenoxy) is 2. The summed E-state index contributed by atoms with van der Waals surface area (Å²) in [6, 6.07) is 31.8. The third-order valence-corrected chi connectivity index (χ3v) is 7.00. The number of amides is 1. The minimum atomic E-state index is -0.327. The molecule has 0 saturated carbocycles. The highest BCUT2D eigenvalue weighted by atomic mass is 19.1. The minimum Gasteiger partial charge on any atom is -0.490 e. The first kappa shape index (κ1) is 30.0. The molecule has 1 aromatic heterocycles. The minimum absolute atomic E-state index is 0.182. The number of allylic oxidation sites excluding steroid dienone is 1. The molecule has 0 bridgehead atoms. The van der Waals surface area contributed by atoms with Crippen LogP contribution in [0, 0.1) is 12.7 Å². The molecular formula is C37H34FN3O3. The van der Waals surface area contributed by atoms with Crippen LogP contribution in [0.2, 0.25) is 0 Å². The summed E-state index contributed by atoms with van der Waals surface area (Å²) >= 11 is 0. The molecule has 1 N–H and O–H groups in total. The number of hydrazone groups is 1. The van der Waals surface area contributed by atoms with Gasteiger partial charge in [-0.15, -0.1) is 6.58 Å². The van der Waals surface area contributed by atoms with E-state index in [1.165, 1.54) is 12.1 Å². The molecule has 222 valence electrons. The van der Waals surface area contributed by atoms with Crippen molar-refractivity contribution < 1.29 is 18.7 Å². The lowest BCUT2D eigenvalue weighted by molar-refractivity contribution is 0.0955. The van der Waals surface area contributed by atoms with Crippen LogP contribution in [0.4, 0.5) is 4.39 Å². The van der Waals surface area contributed by atoms with Crippen LogP contribution in [0.1, 0.15) is 39.7 Å². The summed E-state index contributed by atoms with van der Waals surface area (Å²) in [4.78, 5) is 12.9. The Hall–Kier alpha value is -5.43. The zero-order valence-corrected chi connectivity index (χ0v) is 24.8. The first-order valence-corrected chi connectivity index (χ1v) is 14.4. The first-order chi connectivity index (χ1) is 21.5. The Morgan fingerprint density at radius 1 is 0.955 bits per heavy atom. The van der Waals surface area contributed by atoms with E-state index >= 15 is 0 Å². The van der Waals surface area contributed by atoms with Crippen molar-refractivity contribution in [2.24, 2.45) is 5.10 Å². The number of halogens is 1. The number of benzene rings is 4. The summed E-state index contributed by atoms with van der Waals surface area (Å²) in [5.74, 6) is 0.444. The zero-order valence-electron chi connectivity index (χ0n) is 24.8. The predicted molar refractivity (Wildman–Crippen MR) is 173 cm³/mol. The van der Waals surface area contributed by atoms with Crippen molar-refractivity contribution in [3.05, 3.63) is 150 Å². The first-order valence-electron chi connectivity index (χ1n) is 14.4. The molecule has 0 fully saturated rings. The molecule has 6 nitrogen and oxygen atoms in total. The maximum absolute atomic E-state index is 13.7. The van der Waals surface area contributed by atoms with Gasteiger partial charge in [0, 0.05) is 22.5 Å². The van der Waals surface area contributed by atoms with E-state index in [1.54, 1.807) is 42.6 Å². The number of carbonyl (C=O) groups excluding carboxylic acids is 1. The third-order valence-electron chi connectivity index (χ3n) is 7.00. The lowest BCUT2D eigenvalue weighted by Crippen LogP contribution is -2.17. The molecule has 0 unspecified atom stereocenters. The number of rotatable bonds is 12. The van der Waals surface area contributed by atoms with Gasteiger partial charge in [-0.3, -0.25) is 4.79 Å². The molecule has 44 heavy (non-hydrogen) atoms. The van der Waals surface area contributed by atoms with E-state index in [2.05, 4.69) is 52.9 Å². The molecule has 7 heteroatoms. The lowest BCUT2D eigenvalue weighted by atomic mass is 10.1. The summed E-state index contributed by atoms with van der Waals surface area (Å²) < 4.78 is 27.8. The van der Waals surface area contributed by atoms with Crippen molar-refractivity contribution in [3.8, 4) is 28.4 Å². The summed E-state index contributed by atoms with van der Waals surface area (Å²) in [5.41, 5.74) is 9.62. The maximum atomic E-state index is 13.7. The van der Waals surface area contributed by atoms with E-state index in [0.717, 1.165) is 33.8 Å². The van der Waals surface area contributed by atoms with E-state index in [9.17, 15) is 9.18 Å². The Labute approximate surface area is 257 Å². The molecule has 5 aromatic rings. The van der Waals surface area contributed by atoms with E-state index in [4.69, 9.17) is 9.47 Å². The van der Waals surface area contributed by atoms with Crippen molar-refractivity contribution in [2.45, 2.75) is 26.9 Å². The molecule has 0 atom stereocenters. The van der Waals surface area contributed by atoms with Crippen molar-refractivity contribution >= 4 is 12.1 Å². The molecule has 0 spiro atoms. The largest absolute Gasteiger partial charge is 0.490 e. The van der Waals surface area contributed by atoms with Crippen molar-refractivity contribution in [3.63, 3.8) is 0 Å². The fourth-order valence-electron chi connectivity index (χ4n) is 4.98. The van der Waals surface area contributed by atoms with Gasteiger partial charge in [0.25, 0.3) is 5.91 Å². The molecule has 0 aliphatic rings. The predicted octanol–water partition coefficient (Wildman–Crippen LogP) is 8.06. The topological polar surface area (TPSA) is 64.9 Å². The normalized spacial score (nSPS) is 11.0. The Morgan fingerprint density at radius 3 is 2.48 bits per heavy atom. The maximum Gasteiger partial charge on any atom is 0.271 e. The standard InChI is InChI=1S/C37H34FN3O3/c1-4-10-31-21-28(23-35(43-5-2)36(31)44-25-27-11-9-14-32(38)22-27)24-39-40-37(42)30-16-18-33(19-17-30)41-26(3)15-20-34(41)29-12-7-6-8-13-29/h4,6-9,11-24H,1,5,10,25H2,2-3H3,(H,40,42)/b39-24+. The quantitative estimate of drug-likeness (QED) is 0.0912. The Balaban J connectivity index is 1.30. The zero-order chi connectivity index (χ0) is 30.9. The van der Waals surface area contributed by atoms with Crippen LogP contribution >= 0.6 is 0 Å². The highest BCUT2D eigenvalue weighted by molar-refractivity contribution is 5.95. The van der Waals surface area contributed by atoms with E-state index < -0.39 is 0 Å². The second-order valence-corrected chi connectivity index (χ2v) is 10.2. The molecule has 1 amide bonds. The summed E-state index contributed by atoms with van der Waals surface area (Å²) in [5, 5.41) is 4.20. The number of nitrogens with one attached hydrogen (secondary N) is 1. The number of carbonyl (C=O) groups is 1. The van der Waals surface area contributed by atoms with E-state index in [1.807, 2.05) is 43.3 Å². The number of hydrogen-bond donors (Lipinski definition) is 1. The second-order valence-electron chi connectivity index (χ2n) is 10.2. The van der Waals surface area contributed by atoms with Gasteiger partial charge in [0.1, 0.15) is 12.4 Å². The molecule has 5 rings (SSSR count). The van der Waals surface area contributed by atoms with E-state index in [-0.39, 0.29) is 18.3 Å². The van der Waals surface area contributed by atoms with Gasteiger partial charge in [-0.05, 0) is 97.6 Å². The number of aromatic nitrogens is 1. The Kier molecular flexibility index (Phi) is 9.67. The SMILES string of the molecule is C=CCc1cc(/C=N/NC(=O)c2ccc(-n3c(C)ccc3-c3ccccc3)cc2)cc(OCC)c1OCc1cccc(F)c1. The van der Waals surface area contributed by atoms with Crippen LogP contribution in [0.25, 0.3) is 16.9 Å². The molecule has 0 radical (unpaired) electrons. The van der Waals surface area contributed by atoms with Gasteiger partial charge >= 0.3 is 0 Å². The van der Waals surface area contributed by atoms with Gasteiger partial charge in [0.2, 0.25) is 0 Å². The molecule has 0 aliphatic heterocycles. The van der Waals surface area contributed by atoms with Crippen LogP contribution in [0.5, 0.6) is 11.5 Å². The highest BCUT2D eigenvalue weighted by Gasteiger charge is 2.14. The monoisotopic (exact) mass is 587 g/mol. The lowest BCUT2D eigenvalue weighted by Gasteiger charge is -2.17. The van der Waals surface area contributed by atoms with E-state index in [0.29, 0.717) is 35.7 Å². The van der Waals surface area contributed by atoms with Gasteiger partial charge in [-0.25, -0.2) is 9.82 Å². The van der Waals surface area contributed by atoms with Gasteiger partial charge in [0.05, 0.1) is 18.5 Å². The van der Waals surface area contributed by atoms with Crippen LogP contribution < -0.4 is 14.9 Å². The smallest absolute Gasteiger partial charge is 0.271 e. The molecule has 4 aromatic carbocycles. The fraction of sp³-hybridized carbons (Fsp3) is 0.135. The molecule has 0 aliphatic carbocycles. The average molecular weight is 588 g/mol. The van der Waals surface area contributed by atoms with Crippen LogP contribution in [-0.4, -0.2) is 23.3 Å². The number of nitrogens with zero attached hydrogens (tertiary/aromatic N) is 2. The second kappa shape index (κ2) is 14.2. The van der Waals surface area contributed by atoms with Gasteiger partial charge in [-0.1, -0.05) is 48.5 Å². The average Bonchev–Trinajstić information content (AvgIpc) is 3.42. The van der Waals surface area contributed by atoms with Crippen LogP contribution in [0.3, 0.4) is 0 Å². The number of hydrogen-bond acceptors (Lipinski definition) is 4. The summed E-state index contributed by atoms with van der Waals surface area (Å²) in [7, 11) is 0. The molecule has 0 saturated heterocycles. The molecule has 1 heterocycles. The third kappa shape index (κ3) is 7.13. The van der Waals surface area contributed by atoms with Crippen molar-refractivity contribution in [1.82, 2.24) is 9.99 Å². The van der Waals surface area contributed by atoms with Gasteiger partial charge in [0.15, 0.2) is 11.5 Å². The Morgan fingerprint density at radius 2 is 1.75 bits per heavy atom.